The van der Waals surface area contributed by atoms with E-state index >= 15 is 0 Å². The second-order valence-corrected chi connectivity index (χ2v) is 10.3. The lowest BCUT2D eigenvalue weighted by molar-refractivity contribution is -0.111. The van der Waals surface area contributed by atoms with E-state index in [-0.39, 0.29) is 11.7 Å². The van der Waals surface area contributed by atoms with Gasteiger partial charge in [0.15, 0.2) is 6.10 Å². The van der Waals surface area contributed by atoms with Crippen molar-refractivity contribution < 1.29 is 24.2 Å². The van der Waals surface area contributed by atoms with Crippen molar-refractivity contribution in [1.29, 1.82) is 0 Å². The molecule has 0 fully saturated rings. The van der Waals surface area contributed by atoms with Gasteiger partial charge in [-0.3, -0.25) is 10.1 Å². The fraction of sp³-hybridized carbons (Fsp3) is 0.212. The maximum atomic E-state index is 13.2. The van der Waals surface area contributed by atoms with Gasteiger partial charge < -0.3 is 25.6 Å². The number of para-hydroxylation sites is 2. The summed E-state index contributed by atoms with van der Waals surface area (Å²) in [5.41, 5.74) is 8.25. The van der Waals surface area contributed by atoms with Gasteiger partial charge in [0.1, 0.15) is 5.75 Å². The van der Waals surface area contributed by atoms with E-state index in [1.54, 1.807) is 54.2 Å². The van der Waals surface area contributed by atoms with Crippen LogP contribution in [0.15, 0.2) is 102 Å². The third-order valence-electron chi connectivity index (χ3n) is 6.64. The van der Waals surface area contributed by atoms with Gasteiger partial charge in [0.05, 0.1) is 17.5 Å². The largest absolute Gasteiger partial charge is 0.507 e. The van der Waals surface area contributed by atoms with Gasteiger partial charge in [0.25, 0.3) is 0 Å². The number of rotatable bonds is 12. The molecule has 0 aromatic heterocycles. The van der Waals surface area contributed by atoms with Crippen LogP contribution in [-0.4, -0.2) is 36.1 Å². The van der Waals surface area contributed by atoms with Crippen LogP contribution in [0.1, 0.15) is 31.4 Å². The van der Waals surface area contributed by atoms with E-state index in [0.29, 0.717) is 47.5 Å². The molecule has 0 bridgehead atoms. The first-order chi connectivity index (χ1) is 20.4. The highest BCUT2D eigenvalue weighted by molar-refractivity contribution is 7.98. The van der Waals surface area contributed by atoms with Crippen LogP contribution in [0.4, 0.5) is 21.9 Å². The summed E-state index contributed by atoms with van der Waals surface area (Å²) in [4.78, 5) is 26.7. The van der Waals surface area contributed by atoms with E-state index in [1.165, 1.54) is 6.08 Å². The molecule has 4 aromatic carbocycles. The van der Waals surface area contributed by atoms with Crippen LogP contribution in [0.25, 0.3) is 10.8 Å². The first-order valence-corrected chi connectivity index (χ1v) is 14.9. The molecule has 0 saturated heterocycles. The van der Waals surface area contributed by atoms with E-state index in [9.17, 15) is 14.7 Å². The predicted molar refractivity (Wildman–Crippen MR) is 170 cm³/mol. The van der Waals surface area contributed by atoms with Crippen LogP contribution in [0.3, 0.4) is 0 Å². The lowest BCUT2D eigenvalue weighted by Gasteiger charge is -2.28. The SMILES string of the molecule is CCO[C@@H](CC/C=C/C(=O)Nc1ccccc1N)[C@@H](OC(=O)Nc1ccc(SC)cc1)c1ccc(O)c2ccccc12. The number of allylic oxidation sites excluding steroid dienone is 1. The molecule has 0 saturated carbocycles. The van der Waals surface area contributed by atoms with Crippen LogP contribution in [-0.2, 0) is 14.3 Å². The summed E-state index contributed by atoms with van der Waals surface area (Å²) in [6, 6.07) is 25.3. The Labute approximate surface area is 249 Å². The molecular formula is C33H35N3O5S. The van der Waals surface area contributed by atoms with Crippen LogP contribution < -0.4 is 16.4 Å². The molecule has 8 nitrogen and oxygen atoms in total. The van der Waals surface area contributed by atoms with Gasteiger partial charge in [0, 0.05) is 28.1 Å². The molecular weight excluding hydrogens is 550 g/mol. The van der Waals surface area contributed by atoms with Crippen molar-refractivity contribution in [1.82, 2.24) is 0 Å². The maximum absolute atomic E-state index is 13.2. The minimum absolute atomic E-state index is 0.132. The Morgan fingerprint density at radius 2 is 1.67 bits per heavy atom. The molecule has 5 N–H and O–H groups in total. The molecule has 0 radical (unpaired) electrons. The van der Waals surface area contributed by atoms with Crippen molar-refractivity contribution in [3.63, 3.8) is 0 Å². The highest BCUT2D eigenvalue weighted by Gasteiger charge is 2.29. The van der Waals surface area contributed by atoms with Crippen LogP contribution in [0.5, 0.6) is 5.75 Å². The Balaban J connectivity index is 1.55. The zero-order valence-electron chi connectivity index (χ0n) is 23.6. The smallest absolute Gasteiger partial charge is 0.412 e. The van der Waals surface area contributed by atoms with Gasteiger partial charge in [-0.05, 0) is 79.9 Å². The second kappa shape index (κ2) is 15.0. The zero-order chi connectivity index (χ0) is 29.9. The Hall–Kier alpha value is -4.47. The number of phenols is 1. The van der Waals surface area contributed by atoms with Gasteiger partial charge in [0.2, 0.25) is 5.91 Å². The molecule has 2 amide bonds. The van der Waals surface area contributed by atoms with Crippen LogP contribution in [0.2, 0.25) is 0 Å². The molecule has 0 aliphatic heterocycles. The van der Waals surface area contributed by atoms with Crippen molar-refractivity contribution in [3.05, 3.63) is 103 Å². The van der Waals surface area contributed by atoms with Gasteiger partial charge in [-0.15, -0.1) is 11.8 Å². The van der Waals surface area contributed by atoms with E-state index in [2.05, 4.69) is 10.6 Å². The number of nitrogens with two attached hydrogens (primary N) is 1. The molecule has 0 aliphatic rings. The molecule has 4 rings (SSSR count). The molecule has 218 valence electrons. The normalized spacial score (nSPS) is 12.6. The molecule has 0 unspecified atom stereocenters. The predicted octanol–water partition coefficient (Wildman–Crippen LogP) is 7.52. The number of fused-ring (bicyclic) bond motifs is 1. The Morgan fingerprint density at radius 1 is 0.952 bits per heavy atom. The summed E-state index contributed by atoms with van der Waals surface area (Å²) >= 11 is 1.61. The lowest BCUT2D eigenvalue weighted by atomic mass is 9.94. The zero-order valence-corrected chi connectivity index (χ0v) is 24.4. The van der Waals surface area contributed by atoms with Gasteiger partial charge >= 0.3 is 6.09 Å². The van der Waals surface area contributed by atoms with Crippen LogP contribution in [0, 0.1) is 0 Å². The number of carbonyl (C=O) groups is 2. The van der Waals surface area contributed by atoms with E-state index in [0.717, 1.165) is 10.3 Å². The van der Waals surface area contributed by atoms with Gasteiger partial charge in [-0.25, -0.2) is 4.79 Å². The molecule has 2 atom stereocenters. The quantitative estimate of drug-likeness (QED) is 0.0770. The Morgan fingerprint density at radius 3 is 2.38 bits per heavy atom. The average molecular weight is 586 g/mol. The minimum atomic E-state index is -0.799. The van der Waals surface area contributed by atoms with Crippen molar-refractivity contribution in [2.45, 2.75) is 36.9 Å². The number of amides is 2. The van der Waals surface area contributed by atoms with E-state index in [1.807, 2.05) is 61.7 Å². The van der Waals surface area contributed by atoms with Crippen molar-refractivity contribution in [2.75, 3.05) is 29.2 Å². The molecule has 42 heavy (non-hydrogen) atoms. The number of carbonyl (C=O) groups excluding carboxylic acids is 2. The Bertz CT molecular complexity index is 1540. The average Bonchev–Trinajstić information content (AvgIpc) is 3.00. The standard InChI is InChI=1S/C33H35N3O5S/c1-3-40-30(14-8-9-15-31(38)36-28-13-7-6-12-27(28)34)32(26-20-21-29(37)25-11-5-4-10-24(25)26)41-33(39)35-22-16-18-23(42-2)19-17-22/h4-7,9-13,15-21,30,32,37H,3,8,14,34H2,1-2H3,(H,35,39)(H,36,38)/b15-9+/t30-,32-/m0/s1. The highest BCUT2D eigenvalue weighted by atomic mass is 32.2. The van der Waals surface area contributed by atoms with Gasteiger partial charge in [-0.2, -0.15) is 0 Å². The number of nitrogens with one attached hydrogen (secondary N) is 2. The third kappa shape index (κ3) is 8.05. The molecule has 0 heterocycles. The Kier molecular flexibility index (Phi) is 10.9. The fourth-order valence-electron chi connectivity index (χ4n) is 4.60. The van der Waals surface area contributed by atoms with Crippen LogP contribution >= 0.6 is 11.8 Å². The topological polar surface area (TPSA) is 123 Å². The van der Waals surface area contributed by atoms with E-state index in [4.69, 9.17) is 15.2 Å². The second-order valence-electron chi connectivity index (χ2n) is 9.45. The third-order valence-corrected chi connectivity index (χ3v) is 7.38. The van der Waals surface area contributed by atoms with Gasteiger partial charge in [-0.1, -0.05) is 48.5 Å². The number of nitrogen functional groups attached to an aromatic ring is 1. The highest BCUT2D eigenvalue weighted by Crippen LogP contribution is 2.36. The molecule has 0 aliphatic carbocycles. The van der Waals surface area contributed by atoms with Crippen molar-refractivity contribution in [2.24, 2.45) is 0 Å². The number of phenolic OH excluding ortho intramolecular Hbond substituents is 1. The number of hydrogen-bond acceptors (Lipinski definition) is 7. The van der Waals surface area contributed by atoms with Crippen molar-refractivity contribution >= 4 is 51.6 Å². The first kappa shape index (κ1) is 30.5. The minimum Gasteiger partial charge on any atom is -0.507 e. The van der Waals surface area contributed by atoms with Crippen molar-refractivity contribution in [3.8, 4) is 5.75 Å². The fourth-order valence-corrected chi connectivity index (χ4v) is 5.01. The summed E-state index contributed by atoms with van der Waals surface area (Å²) in [6.07, 6.45) is 4.16. The summed E-state index contributed by atoms with van der Waals surface area (Å²) in [5.74, 6) is -0.169. The number of benzene rings is 4. The first-order valence-electron chi connectivity index (χ1n) is 13.7. The molecule has 4 aromatic rings. The number of thioether (sulfide) groups is 1. The summed E-state index contributed by atoms with van der Waals surface area (Å²) in [7, 11) is 0. The number of ether oxygens (including phenoxy) is 2. The number of aromatic hydroxyl groups is 1. The monoisotopic (exact) mass is 585 g/mol. The number of hydrogen-bond donors (Lipinski definition) is 4. The molecule has 0 spiro atoms. The maximum Gasteiger partial charge on any atom is 0.412 e. The summed E-state index contributed by atoms with van der Waals surface area (Å²) in [6.45, 7) is 2.26. The molecule has 9 heteroatoms. The summed E-state index contributed by atoms with van der Waals surface area (Å²) < 4.78 is 12.2. The summed E-state index contributed by atoms with van der Waals surface area (Å²) in [5, 5.41) is 17.4. The number of anilines is 3. The lowest BCUT2D eigenvalue weighted by Crippen LogP contribution is -2.29. The van der Waals surface area contributed by atoms with E-state index < -0.39 is 18.3 Å².